The summed E-state index contributed by atoms with van der Waals surface area (Å²) >= 11 is 2.91. The minimum atomic E-state index is -0.228. The molecule has 184 valence electrons. The summed E-state index contributed by atoms with van der Waals surface area (Å²) in [4.78, 5) is 20.1. The molecule has 0 bridgehead atoms. The van der Waals surface area contributed by atoms with E-state index < -0.39 is 0 Å². The SMILES string of the molecule is COCCNc1ccc2nnc(Sc3ccc4nc(NC(=O)NCCN5CCCC5)sc4c3)n2n1. The van der Waals surface area contributed by atoms with Crippen molar-refractivity contribution in [2.24, 2.45) is 0 Å². The average Bonchev–Trinajstić information content (AvgIpc) is 3.59. The van der Waals surface area contributed by atoms with Gasteiger partial charge in [-0.2, -0.15) is 4.52 Å². The molecule has 3 N–H and O–H groups in total. The van der Waals surface area contributed by atoms with Gasteiger partial charge in [0.1, 0.15) is 5.82 Å². The third-order valence-electron chi connectivity index (χ3n) is 5.55. The number of anilines is 2. The summed E-state index contributed by atoms with van der Waals surface area (Å²) in [6.07, 6.45) is 2.49. The Morgan fingerprint density at radius 1 is 1.17 bits per heavy atom. The lowest BCUT2D eigenvalue weighted by Gasteiger charge is -2.14. The maximum atomic E-state index is 12.3. The number of hydrogen-bond acceptors (Lipinski definition) is 10. The van der Waals surface area contributed by atoms with Crippen LogP contribution in [0.1, 0.15) is 12.8 Å². The molecule has 1 saturated heterocycles. The van der Waals surface area contributed by atoms with Crippen molar-refractivity contribution >= 4 is 55.9 Å². The van der Waals surface area contributed by atoms with Gasteiger partial charge >= 0.3 is 6.03 Å². The van der Waals surface area contributed by atoms with Crippen LogP contribution >= 0.6 is 23.1 Å². The van der Waals surface area contributed by atoms with E-state index >= 15 is 0 Å². The van der Waals surface area contributed by atoms with Crippen LogP contribution in [0.15, 0.2) is 40.4 Å². The molecule has 5 rings (SSSR count). The van der Waals surface area contributed by atoms with Gasteiger partial charge in [0, 0.05) is 31.6 Å². The Bertz CT molecular complexity index is 1300. The van der Waals surface area contributed by atoms with Crippen molar-refractivity contribution in [3.05, 3.63) is 30.3 Å². The van der Waals surface area contributed by atoms with Crippen molar-refractivity contribution in [3.8, 4) is 0 Å². The standard InChI is InChI=1S/C22H27N9O2S2/c1-33-13-9-23-18-6-7-19-27-28-22(31(19)29-18)34-15-4-5-16-17(14-15)35-21(25-16)26-20(32)24-8-12-30-10-2-3-11-30/h4-7,14H,2-3,8-13H2,1H3,(H,23,29)(H2,24,25,26,32). The largest absolute Gasteiger partial charge is 0.383 e. The van der Waals surface area contributed by atoms with Gasteiger partial charge in [-0.25, -0.2) is 9.78 Å². The van der Waals surface area contributed by atoms with Crippen LogP contribution < -0.4 is 16.0 Å². The van der Waals surface area contributed by atoms with Crippen LogP contribution in [-0.4, -0.2) is 82.2 Å². The third kappa shape index (κ3) is 5.99. The summed E-state index contributed by atoms with van der Waals surface area (Å²) in [5.74, 6) is 0.725. The molecular weight excluding hydrogens is 486 g/mol. The average molecular weight is 514 g/mol. The fourth-order valence-corrected chi connectivity index (χ4v) is 5.61. The molecule has 0 atom stereocenters. The molecule has 0 aliphatic carbocycles. The van der Waals surface area contributed by atoms with Crippen molar-refractivity contribution in [1.82, 2.24) is 35.0 Å². The first-order chi connectivity index (χ1) is 17.2. The van der Waals surface area contributed by atoms with Crippen molar-refractivity contribution in [2.45, 2.75) is 22.9 Å². The Kier molecular flexibility index (Phi) is 7.57. The van der Waals surface area contributed by atoms with E-state index in [1.54, 1.807) is 11.6 Å². The Morgan fingerprint density at radius 2 is 2.06 bits per heavy atom. The highest BCUT2D eigenvalue weighted by Crippen LogP contribution is 2.33. The summed E-state index contributed by atoms with van der Waals surface area (Å²) in [5.41, 5.74) is 1.51. The number of nitrogens with one attached hydrogen (secondary N) is 3. The lowest BCUT2D eigenvalue weighted by molar-refractivity contribution is 0.210. The van der Waals surface area contributed by atoms with Crippen molar-refractivity contribution in [2.75, 3.05) is 57.1 Å². The smallest absolute Gasteiger partial charge is 0.321 e. The maximum Gasteiger partial charge on any atom is 0.321 e. The lowest BCUT2D eigenvalue weighted by Crippen LogP contribution is -2.35. The van der Waals surface area contributed by atoms with Crippen molar-refractivity contribution < 1.29 is 9.53 Å². The highest BCUT2D eigenvalue weighted by atomic mass is 32.2. The number of nitrogens with zero attached hydrogens (tertiary/aromatic N) is 6. The van der Waals surface area contributed by atoms with E-state index in [1.165, 1.54) is 35.9 Å². The van der Waals surface area contributed by atoms with E-state index in [9.17, 15) is 4.79 Å². The van der Waals surface area contributed by atoms with Crippen LogP contribution in [0.25, 0.3) is 15.9 Å². The number of benzene rings is 1. The van der Waals surface area contributed by atoms with Crippen molar-refractivity contribution in [3.63, 3.8) is 0 Å². The fraction of sp³-hybridized carbons (Fsp3) is 0.409. The molecule has 0 radical (unpaired) electrons. The predicted molar refractivity (Wildman–Crippen MR) is 138 cm³/mol. The highest BCUT2D eigenvalue weighted by molar-refractivity contribution is 7.99. The van der Waals surface area contributed by atoms with Crippen molar-refractivity contribution in [1.29, 1.82) is 0 Å². The molecule has 1 fully saturated rings. The number of rotatable bonds is 10. The first-order valence-electron chi connectivity index (χ1n) is 11.5. The van der Waals surface area contributed by atoms with Crippen LogP contribution in [-0.2, 0) is 4.74 Å². The fourth-order valence-electron chi connectivity index (χ4n) is 3.81. The number of thiazole rings is 1. The molecule has 1 aromatic carbocycles. The Morgan fingerprint density at radius 3 is 2.91 bits per heavy atom. The number of methoxy groups -OCH3 is 1. The highest BCUT2D eigenvalue weighted by Gasteiger charge is 2.14. The second-order valence-electron chi connectivity index (χ2n) is 8.07. The zero-order chi connectivity index (χ0) is 24.0. The van der Waals surface area contributed by atoms with E-state index in [0.29, 0.717) is 35.6 Å². The lowest BCUT2D eigenvalue weighted by atomic mass is 10.3. The molecule has 3 aromatic heterocycles. The zero-order valence-electron chi connectivity index (χ0n) is 19.4. The molecule has 0 spiro atoms. The van der Waals surface area contributed by atoms with Gasteiger partial charge in [-0.15, -0.1) is 15.3 Å². The maximum absolute atomic E-state index is 12.3. The molecular formula is C22H27N9O2S2. The van der Waals surface area contributed by atoms with Gasteiger partial charge in [0.2, 0.25) is 5.16 Å². The topological polar surface area (TPSA) is 122 Å². The molecule has 4 aromatic rings. The first-order valence-corrected chi connectivity index (χ1v) is 13.1. The Balaban J connectivity index is 1.22. The van der Waals surface area contributed by atoms with Crippen LogP contribution in [0.5, 0.6) is 0 Å². The van der Waals surface area contributed by atoms with Crippen LogP contribution in [0.4, 0.5) is 15.7 Å². The number of ether oxygens (including phenoxy) is 1. The summed E-state index contributed by atoms with van der Waals surface area (Å²) < 4.78 is 7.77. The van der Waals surface area contributed by atoms with E-state index in [-0.39, 0.29) is 6.03 Å². The van der Waals surface area contributed by atoms with Gasteiger partial charge in [0.05, 0.1) is 16.8 Å². The molecule has 0 unspecified atom stereocenters. The second-order valence-corrected chi connectivity index (χ2v) is 10.1. The van der Waals surface area contributed by atoms with E-state index in [1.807, 2.05) is 30.3 Å². The number of hydrogen-bond donors (Lipinski definition) is 3. The molecule has 1 aliphatic heterocycles. The van der Waals surface area contributed by atoms with E-state index in [2.05, 4.69) is 41.1 Å². The Hall–Kier alpha value is -3.00. The number of urea groups is 1. The van der Waals surface area contributed by atoms with E-state index in [4.69, 9.17) is 4.74 Å². The minimum Gasteiger partial charge on any atom is -0.383 e. The number of carbonyl (C=O) groups is 1. The zero-order valence-corrected chi connectivity index (χ0v) is 21.0. The first kappa shape index (κ1) is 23.7. The van der Waals surface area contributed by atoms with Crippen LogP contribution in [0.2, 0.25) is 0 Å². The number of amides is 2. The van der Waals surface area contributed by atoms with Gasteiger partial charge < -0.3 is 20.3 Å². The number of aromatic nitrogens is 5. The molecule has 2 amide bonds. The molecule has 11 nitrogen and oxygen atoms in total. The quantitative estimate of drug-likeness (QED) is 0.275. The molecule has 0 saturated carbocycles. The van der Waals surface area contributed by atoms with Gasteiger partial charge in [-0.3, -0.25) is 5.32 Å². The van der Waals surface area contributed by atoms with Crippen LogP contribution in [0, 0.1) is 0 Å². The summed E-state index contributed by atoms with van der Waals surface area (Å²) in [6.45, 7) is 5.00. The molecule has 13 heteroatoms. The van der Waals surface area contributed by atoms with E-state index in [0.717, 1.165) is 40.6 Å². The predicted octanol–water partition coefficient (Wildman–Crippen LogP) is 3.16. The summed E-state index contributed by atoms with van der Waals surface area (Å²) in [7, 11) is 1.66. The number of likely N-dealkylation sites (tertiary alicyclic amines) is 1. The summed E-state index contributed by atoms with van der Waals surface area (Å²) in [5, 5.41) is 23.3. The van der Waals surface area contributed by atoms with Crippen LogP contribution in [0.3, 0.4) is 0 Å². The number of carbonyl (C=O) groups excluding carboxylic acids is 1. The second kappa shape index (κ2) is 11.2. The molecule has 1 aliphatic rings. The monoisotopic (exact) mass is 513 g/mol. The molecule has 35 heavy (non-hydrogen) atoms. The minimum absolute atomic E-state index is 0.228. The van der Waals surface area contributed by atoms with Gasteiger partial charge in [-0.05, 0) is 68.0 Å². The van der Waals surface area contributed by atoms with Gasteiger partial charge in [0.25, 0.3) is 0 Å². The normalized spacial score (nSPS) is 14.1. The van der Waals surface area contributed by atoms with Gasteiger partial charge in [-0.1, -0.05) is 11.3 Å². The van der Waals surface area contributed by atoms with Gasteiger partial charge in [0.15, 0.2) is 10.8 Å². The molecule has 4 heterocycles. The Labute approximate surface area is 210 Å². The third-order valence-corrected chi connectivity index (χ3v) is 7.41. The summed E-state index contributed by atoms with van der Waals surface area (Å²) in [6, 6.07) is 9.48. The number of fused-ring (bicyclic) bond motifs is 2.